The molecule has 122 valence electrons. The molecule has 6 heteroatoms. The molecule has 2 heterocycles. The fraction of sp³-hybridized carbons (Fsp3) is 0.412. The zero-order chi connectivity index (χ0) is 16.3. The molecule has 0 radical (unpaired) electrons. The number of nitrogens with zero attached hydrogens (tertiary/aromatic N) is 3. The fourth-order valence-electron chi connectivity index (χ4n) is 2.93. The van der Waals surface area contributed by atoms with E-state index < -0.39 is 0 Å². The Balaban J connectivity index is 1.61. The van der Waals surface area contributed by atoms with Crippen molar-refractivity contribution in [2.24, 2.45) is 0 Å². The van der Waals surface area contributed by atoms with E-state index in [1.165, 1.54) is 11.8 Å². The molecule has 3 rings (SSSR count). The van der Waals surface area contributed by atoms with E-state index in [9.17, 15) is 4.79 Å². The molecule has 1 saturated heterocycles. The number of carbonyl (C=O) groups excluding carboxylic acids is 1. The molecule has 0 spiro atoms. The maximum absolute atomic E-state index is 12.3. The van der Waals surface area contributed by atoms with Gasteiger partial charge in [0.05, 0.1) is 0 Å². The first kappa shape index (κ1) is 15.6. The molecule has 1 N–H and O–H groups in total. The highest BCUT2D eigenvalue weighted by molar-refractivity contribution is 5.88. The van der Waals surface area contributed by atoms with E-state index in [1.807, 2.05) is 11.0 Å². The number of carbonyl (C=O) groups is 1. The molecule has 1 aliphatic rings. The Morgan fingerprint density at radius 1 is 1.26 bits per heavy atom. The summed E-state index contributed by atoms with van der Waals surface area (Å²) in [5.41, 5.74) is 1.20. The first-order valence-corrected chi connectivity index (χ1v) is 7.80. The van der Waals surface area contributed by atoms with Crippen LogP contribution in [0.2, 0.25) is 0 Å². The summed E-state index contributed by atoms with van der Waals surface area (Å²) in [4.78, 5) is 16.6. The second-order valence-corrected chi connectivity index (χ2v) is 6.46. The van der Waals surface area contributed by atoms with Crippen LogP contribution in [0.25, 0.3) is 0 Å². The Bertz CT molecular complexity index is 640. The quantitative estimate of drug-likeness (QED) is 0.946. The summed E-state index contributed by atoms with van der Waals surface area (Å²) in [6, 6.07) is 11.9. The lowest BCUT2D eigenvalue weighted by molar-refractivity contribution is 0.0325. The summed E-state index contributed by atoms with van der Waals surface area (Å²) in [6.07, 6.45) is 1.44. The molecule has 1 aliphatic heterocycles. The zero-order valence-corrected chi connectivity index (χ0v) is 13.5. The van der Waals surface area contributed by atoms with Crippen molar-refractivity contribution in [3.8, 4) is 0 Å². The number of rotatable bonds is 3. The lowest BCUT2D eigenvalue weighted by atomic mass is 9.98. The Hall–Kier alpha value is -2.34. The van der Waals surface area contributed by atoms with Gasteiger partial charge < -0.3 is 9.42 Å². The number of amides is 2. The van der Waals surface area contributed by atoms with Crippen LogP contribution in [-0.2, 0) is 6.54 Å². The van der Waals surface area contributed by atoms with Crippen molar-refractivity contribution in [3.63, 3.8) is 0 Å². The van der Waals surface area contributed by atoms with Gasteiger partial charge in [-0.2, -0.15) is 0 Å². The molecule has 0 aliphatic carbocycles. The lowest BCUT2D eigenvalue weighted by Crippen LogP contribution is -2.60. The van der Waals surface area contributed by atoms with Crippen LogP contribution >= 0.6 is 0 Å². The number of anilines is 1. The van der Waals surface area contributed by atoms with Gasteiger partial charge >= 0.3 is 6.03 Å². The van der Waals surface area contributed by atoms with Crippen LogP contribution in [0, 0.1) is 0 Å². The van der Waals surface area contributed by atoms with Crippen LogP contribution in [0.4, 0.5) is 10.6 Å². The Kier molecular flexibility index (Phi) is 4.34. The van der Waals surface area contributed by atoms with Gasteiger partial charge in [-0.15, -0.1) is 0 Å². The summed E-state index contributed by atoms with van der Waals surface area (Å²) < 4.78 is 4.74. The first-order chi connectivity index (χ1) is 11.0. The number of hydrogen-bond acceptors (Lipinski definition) is 4. The minimum atomic E-state index is -0.133. The number of aromatic nitrogens is 1. The Morgan fingerprint density at radius 3 is 2.70 bits per heavy atom. The summed E-state index contributed by atoms with van der Waals surface area (Å²) in [5.74, 6) is 0.444. The minimum Gasteiger partial charge on any atom is -0.363 e. The van der Waals surface area contributed by atoms with Crippen LogP contribution in [0.5, 0.6) is 0 Å². The van der Waals surface area contributed by atoms with E-state index in [0.717, 1.165) is 13.1 Å². The van der Waals surface area contributed by atoms with Gasteiger partial charge in [-0.25, -0.2) is 4.79 Å². The van der Waals surface area contributed by atoms with Crippen molar-refractivity contribution in [2.75, 3.05) is 25.0 Å². The van der Waals surface area contributed by atoms with Gasteiger partial charge in [-0.3, -0.25) is 10.2 Å². The smallest absolute Gasteiger partial charge is 0.323 e. The minimum absolute atomic E-state index is 0.0880. The molecule has 2 amide bonds. The topological polar surface area (TPSA) is 61.6 Å². The maximum Gasteiger partial charge on any atom is 0.323 e. The van der Waals surface area contributed by atoms with Gasteiger partial charge in [0.1, 0.15) is 6.26 Å². The molecule has 2 aromatic rings. The monoisotopic (exact) mass is 314 g/mol. The van der Waals surface area contributed by atoms with Gasteiger partial charge in [-0.1, -0.05) is 35.5 Å². The average molecular weight is 314 g/mol. The number of benzene rings is 1. The van der Waals surface area contributed by atoms with E-state index >= 15 is 0 Å². The molecule has 1 aromatic carbocycles. The van der Waals surface area contributed by atoms with Crippen molar-refractivity contribution in [1.29, 1.82) is 0 Å². The summed E-state index contributed by atoms with van der Waals surface area (Å²) in [5, 5.41) is 6.47. The van der Waals surface area contributed by atoms with Crippen LogP contribution in [-0.4, -0.2) is 46.2 Å². The Labute approximate surface area is 136 Å². The normalized spacial score (nSPS) is 17.9. The van der Waals surface area contributed by atoms with E-state index in [-0.39, 0.29) is 11.6 Å². The van der Waals surface area contributed by atoms with Crippen molar-refractivity contribution < 1.29 is 9.32 Å². The highest BCUT2D eigenvalue weighted by atomic mass is 16.5. The zero-order valence-electron chi connectivity index (χ0n) is 13.5. The predicted molar refractivity (Wildman–Crippen MR) is 88.0 cm³/mol. The molecular weight excluding hydrogens is 292 g/mol. The van der Waals surface area contributed by atoms with E-state index in [0.29, 0.717) is 18.9 Å². The van der Waals surface area contributed by atoms with E-state index in [1.54, 1.807) is 6.07 Å². The molecule has 0 unspecified atom stereocenters. The second kappa shape index (κ2) is 6.42. The Morgan fingerprint density at radius 2 is 2.04 bits per heavy atom. The second-order valence-electron chi connectivity index (χ2n) is 6.46. The SMILES string of the molecule is CC1(C)CN(C(=O)Nc2ccon2)CCN1Cc1ccccc1. The van der Waals surface area contributed by atoms with Crippen LogP contribution in [0.3, 0.4) is 0 Å². The third-order valence-electron chi connectivity index (χ3n) is 4.25. The summed E-state index contributed by atoms with van der Waals surface area (Å²) in [7, 11) is 0. The lowest BCUT2D eigenvalue weighted by Gasteiger charge is -2.47. The standard InChI is InChI=1S/C17H22N4O2/c1-17(2)13-20(16(22)18-15-8-11-23-19-15)9-10-21(17)12-14-6-4-3-5-7-14/h3-8,11H,9-10,12-13H2,1-2H3,(H,18,19,22). The first-order valence-electron chi connectivity index (χ1n) is 7.80. The van der Waals surface area contributed by atoms with Crippen molar-refractivity contribution in [3.05, 3.63) is 48.2 Å². The van der Waals surface area contributed by atoms with Gasteiger partial charge in [-0.05, 0) is 19.4 Å². The van der Waals surface area contributed by atoms with Gasteiger partial charge in [0.25, 0.3) is 0 Å². The van der Waals surface area contributed by atoms with Crippen LogP contribution < -0.4 is 5.32 Å². The molecule has 0 atom stereocenters. The van der Waals surface area contributed by atoms with Crippen molar-refractivity contribution in [2.45, 2.75) is 25.9 Å². The molecule has 1 aromatic heterocycles. The predicted octanol–water partition coefficient (Wildman–Crippen LogP) is 2.80. The third-order valence-corrected chi connectivity index (χ3v) is 4.25. The average Bonchev–Trinajstić information content (AvgIpc) is 3.03. The molecule has 23 heavy (non-hydrogen) atoms. The van der Waals surface area contributed by atoms with E-state index in [2.05, 4.69) is 53.5 Å². The fourth-order valence-corrected chi connectivity index (χ4v) is 2.93. The van der Waals surface area contributed by atoms with Crippen LogP contribution in [0.1, 0.15) is 19.4 Å². The number of hydrogen-bond donors (Lipinski definition) is 1. The van der Waals surface area contributed by atoms with Crippen molar-refractivity contribution in [1.82, 2.24) is 15.0 Å². The number of nitrogens with one attached hydrogen (secondary N) is 1. The number of piperazine rings is 1. The van der Waals surface area contributed by atoms with Gasteiger partial charge in [0.2, 0.25) is 0 Å². The van der Waals surface area contributed by atoms with Gasteiger partial charge in [0.15, 0.2) is 5.82 Å². The maximum atomic E-state index is 12.3. The van der Waals surface area contributed by atoms with Gasteiger partial charge in [0, 0.05) is 37.8 Å². The number of urea groups is 1. The molecule has 1 fully saturated rings. The third kappa shape index (κ3) is 3.71. The van der Waals surface area contributed by atoms with Crippen LogP contribution in [0.15, 0.2) is 47.2 Å². The molecule has 0 bridgehead atoms. The molecule has 0 saturated carbocycles. The molecular formula is C17H22N4O2. The summed E-state index contributed by atoms with van der Waals surface area (Å²) in [6.45, 7) is 7.45. The summed E-state index contributed by atoms with van der Waals surface area (Å²) >= 11 is 0. The van der Waals surface area contributed by atoms with Crippen molar-refractivity contribution >= 4 is 11.8 Å². The highest BCUT2D eigenvalue weighted by Gasteiger charge is 2.35. The molecule has 6 nitrogen and oxygen atoms in total. The van der Waals surface area contributed by atoms with E-state index in [4.69, 9.17) is 4.52 Å². The largest absolute Gasteiger partial charge is 0.363 e. The highest BCUT2D eigenvalue weighted by Crippen LogP contribution is 2.23.